The summed E-state index contributed by atoms with van der Waals surface area (Å²) in [5.41, 5.74) is -0.160. The van der Waals surface area contributed by atoms with Crippen LogP contribution in [-0.2, 0) is 14.4 Å². The first-order valence-electron chi connectivity index (χ1n) is 9.99. The topological polar surface area (TPSA) is 51.2 Å². The summed E-state index contributed by atoms with van der Waals surface area (Å²) in [7, 11) is 0. The Balaban J connectivity index is 1.67. The molecule has 0 aromatic carbocycles. The summed E-state index contributed by atoms with van der Waals surface area (Å²) in [5, 5.41) is 0. The molecule has 4 saturated carbocycles. The summed E-state index contributed by atoms with van der Waals surface area (Å²) in [4.78, 5) is 37.8. The number of rotatable bonds is 2. The zero-order chi connectivity index (χ0) is 18.0. The quantitative estimate of drug-likeness (QED) is 0.758. The van der Waals surface area contributed by atoms with Crippen molar-refractivity contribution in [2.45, 2.75) is 65.2 Å². The minimum Gasteiger partial charge on any atom is -0.300 e. The number of hydrogen-bond donors (Lipinski definition) is 1. The van der Waals surface area contributed by atoms with Crippen LogP contribution in [0, 0.1) is 40.4 Å². The monoisotopic (exact) mass is 362 g/mol. The summed E-state index contributed by atoms with van der Waals surface area (Å²) < 4.78 is 0. The minimum absolute atomic E-state index is 0.000875. The van der Waals surface area contributed by atoms with Gasteiger partial charge in [-0.25, -0.2) is 0 Å². The predicted octanol–water partition coefficient (Wildman–Crippen LogP) is 3.89. The van der Waals surface area contributed by atoms with Gasteiger partial charge in [0.15, 0.2) is 0 Å². The van der Waals surface area contributed by atoms with Crippen LogP contribution in [0.2, 0.25) is 0 Å². The number of hydrogen-bond acceptors (Lipinski definition) is 4. The highest BCUT2D eigenvalue weighted by molar-refractivity contribution is 7.81. The second-order valence-electron chi connectivity index (χ2n) is 9.67. The molecule has 3 nitrogen and oxygen atoms in total. The first kappa shape index (κ1) is 17.8. The zero-order valence-electron chi connectivity index (χ0n) is 15.4. The third kappa shape index (κ3) is 2.42. The molecular weight excluding hydrogens is 332 g/mol. The van der Waals surface area contributed by atoms with E-state index in [2.05, 4.69) is 26.5 Å². The van der Waals surface area contributed by atoms with Crippen molar-refractivity contribution in [1.82, 2.24) is 0 Å². The molecule has 0 radical (unpaired) electrons. The lowest BCUT2D eigenvalue weighted by Crippen LogP contribution is -2.57. The molecule has 0 saturated heterocycles. The molecule has 0 spiro atoms. The van der Waals surface area contributed by atoms with Gasteiger partial charge in [0.1, 0.15) is 17.3 Å². The van der Waals surface area contributed by atoms with Gasteiger partial charge in [-0.3, -0.25) is 14.4 Å². The van der Waals surface area contributed by atoms with Crippen molar-refractivity contribution < 1.29 is 14.4 Å². The molecule has 0 bridgehead atoms. The van der Waals surface area contributed by atoms with Crippen molar-refractivity contribution in [1.29, 1.82) is 0 Å². The molecule has 0 aromatic rings. The molecule has 4 rings (SSSR count). The third-order valence-corrected chi connectivity index (χ3v) is 9.02. The molecule has 0 aromatic heterocycles. The Morgan fingerprint density at radius 2 is 1.88 bits per heavy atom. The van der Waals surface area contributed by atoms with Crippen LogP contribution in [-0.4, -0.2) is 23.1 Å². The average molecular weight is 363 g/mol. The van der Waals surface area contributed by atoms with E-state index in [4.69, 9.17) is 0 Å². The zero-order valence-corrected chi connectivity index (χ0v) is 16.3. The van der Waals surface area contributed by atoms with Gasteiger partial charge >= 0.3 is 0 Å². The van der Waals surface area contributed by atoms with Gasteiger partial charge in [-0.2, -0.15) is 12.6 Å². The molecule has 0 unspecified atom stereocenters. The standard InChI is InChI=1S/C21H30O3S/c1-20-8-7-13(22)9-12(20)3-4-14-15-5-6-16(18(24)11-25)21(15,2)10-17(23)19(14)20/h12,14-16,19,25H,3-11H2,1-2H3/t12-,14-,15-,16+,19+,20-,21-/m0/s1. The lowest BCUT2D eigenvalue weighted by atomic mass is 9.44. The second kappa shape index (κ2) is 5.94. The first-order chi connectivity index (χ1) is 11.8. The lowest BCUT2D eigenvalue weighted by molar-refractivity contribution is -0.161. The fourth-order valence-electron chi connectivity index (χ4n) is 7.50. The maximum atomic E-state index is 13.4. The highest BCUT2D eigenvalue weighted by Gasteiger charge is 2.63. The number of carbonyl (C=O) groups excluding carboxylic acids is 3. The van der Waals surface area contributed by atoms with Crippen LogP contribution >= 0.6 is 12.6 Å². The molecule has 0 N–H and O–H groups in total. The largest absolute Gasteiger partial charge is 0.300 e. The van der Waals surface area contributed by atoms with Crippen LogP contribution < -0.4 is 0 Å². The van der Waals surface area contributed by atoms with E-state index in [0.29, 0.717) is 48.6 Å². The number of carbonyl (C=O) groups is 3. The maximum Gasteiger partial charge on any atom is 0.146 e. The van der Waals surface area contributed by atoms with Crippen LogP contribution in [0.1, 0.15) is 65.2 Å². The van der Waals surface area contributed by atoms with Crippen molar-refractivity contribution in [3.05, 3.63) is 0 Å². The molecular formula is C21H30O3S. The average Bonchev–Trinajstić information content (AvgIpc) is 2.91. The van der Waals surface area contributed by atoms with Crippen molar-refractivity contribution >= 4 is 30.0 Å². The van der Waals surface area contributed by atoms with Crippen molar-refractivity contribution in [2.75, 3.05) is 5.75 Å². The maximum absolute atomic E-state index is 13.4. The summed E-state index contributed by atoms with van der Waals surface area (Å²) in [6, 6.07) is 0. The molecule has 4 heteroatoms. The number of Topliss-reactive ketones (excluding diaryl/α,β-unsaturated/α-hetero) is 3. The smallest absolute Gasteiger partial charge is 0.146 e. The van der Waals surface area contributed by atoms with Crippen LogP contribution in [0.3, 0.4) is 0 Å². The van der Waals surface area contributed by atoms with Crippen LogP contribution in [0.15, 0.2) is 0 Å². The van der Waals surface area contributed by atoms with E-state index >= 15 is 0 Å². The van der Waals surface area contributed by atoms with Crippen molar-refractivity contribution in [3.63, 3.8) is 0 Å². The Kier molecular flexibility index (Phi) is 4.22. The molecule has 4 aliphatic carbocycles. The molecule has 0 amide bonds. The van der Waals surface area contributed by atoms with Crippen LogP contribution in [0.5, 0.6) is 0 Å². The molecule has 138 valence electrons. The predicted molar refractivity (Wildman–Crippen MR) is 99.5 cm³/mol. The normalized spacial score (nSPS) is 49.3. The molecule has 4 fully saturated rings. The molecule has 4 aliphatic rings. The van der Waals surface area contributed by atoms with Gasteiger partial charge in [0, 0.05) is 36.9 Å². The SMILES string of the molecule is C[C@]12CCC(=O)C[C@@H]1CC[C@H]1[C@@H]3CC[C@H](C(=O)CS)[C@@]3(C)CC(=O)[C@@H]12. The minimum atomic E-state index is -0.161. The highest BCUT2D eigenvalue weighted by Crippen LogP contribution is 2.66. The van der Waals surface area contributed by atoms with Gasteiger partial charge < -0.3 is 0 Å². The van der Waals surface area contributed by atoms with E-state index in [0.717, 1.165) is 32.1 Å². The van der Waals surface area contributed by atoms with E-state index in [1.54, 1.807) is 0 Å². The van der Waals surface area contributed by atoms with Crippen molar-refractivity contribution in [3.8, 4) is 0 Å². The van der Waals surface area contributed by atoms with Gasteiger partial charge in [-0.1, -0.05) is 13.8 Å². The highest BCUT2D eigenvalue weighted by atomic mass is 32.1. The van der Waals surface area contributed by atoms with Gasteiger partial charge in [0.05, 0.1) is 0 Å². The van der Waals surface area contributed by atoms with Gasteiger partial charge in [-0.15, -0.1) is 0 Å². The molecule has 0 aliphatic heterocycles. The van der Waals surface area contributed by atoms with Gasteiger partial charge in [-0.05, 0) is 60.7 Å². The summed E-state index contributed by atoms with van der Waals surface area (Å²) in [6.45, 7) is 4.48. The van der Waals surface area contributed by atoms with E-state index in [1.807, 2.05) is 0 Å². The number of thiol groups is 1. The Morgan fingerprint density at radius 3 is 2.60 bits per heavy atom. The lowest BCUT2D eigenvalue weighted by Gasteiger charge is -2.59. The van der Waals surface area contributed by atoms with Crippen LogP contribution in [0.25, 0.3) is 0 Å². The van der Waals surface area contributed by atoms with Gasteiger partial charge in [0.25, 0.3) is 0 Å². The summed E-state index contributed by atoms with van der Waals surface area (Å²) in [5.74, 6) is 2.69. The third-order valence-electron chi connectivity index (χ3n) is 8.71. The van der Waals surface area contributed by atoms with E-state index < -0.39 is 0 Å². The van der Waals surface area contributed by atoms with Crippen LogP contribution in [0.4, 0.5) is 0 Å². The molecule has 25 heavy (non-hydrogen) atoms. The molecule has 7 atom stereocenters. The van der Waals surface area contributed by atoms with Gasteiger partial charge in [0.2, 0.25) is 0 Å². The number of fused-ring (bicyclic) bond motifs is 5. The fourth-order valence-corrected chi connectivity index (χ4v) is 7.72. The molecule has 0 heterocycles. The number of ketones is 3. The second-order valence-corrected chi connectivity index (χ2v) is 9.99. The van der Waals surface area contributed by atoms with E-state index in [-0.39, 0.29) is 34.2 Å². The first-order valence-corrected chi connectivity index (χ1v) is 10.6. The van der Waals surface area contributed by atoms with E-state index in [1.165, 1.54) is 0 Å². The Morgan fingerprint density at radius 1 is 1.12 bits per heavy atom. The summed E-state index contributed by atoms with van der Waals surface area (Å²) >= 11 is 4.22. The van der Waals surface area contributed by atoms with Crippen molar-refractivity contribution in [2.24, 2.45) is 40.4 Å². The Labute approximate surface area is 156 Å². The Hall–Kier alpha value is -0.640. The summed E-state index contributed by atoms with van der Waals surface area (Å²) in [6.07, 6.45) is 6.90. The Bertz CT molecular complexity index is 629. The fraction of sp³-hybridized carbons (Fsp3) is 0.857. The van der Waals surface area contributed by atoms with E-state index in [9.17, 15) is 14.4 Å².